The van der Waals surface area contributed by atoms with E-state index in [1.165, 1.54) is 12.1 Å². The molecule has 25 heavy (non-hydrogen) atoms. The van der Waals surface area contributed by atoms with Crippen LogP contribution in [0.3, 0.4) is 0 Å². The molecule has 0 aromatic heterocycles. The minimum atomic E-state index is -1.12. The Hall–Kier alpha value is -2.93. The monoisotopic (exact) mass is 359 g/mol. The molecule has 1 unspecified atom stereocenters. The quantitative estimate of drug-likeness (QED) is 0.515. The summed E-state index contributed by atoms with van der Waals surface area (Å²) in [6, 6.07) is 12.3. The summed E-state index contributed by atoms with van der Waals surface area (Å²) in [5.41, 5.74) is -0.321. The van der Waals surface area contributed by atoms with E-state index in [0.29, 0.717) is 6.42 Å². The number of nitrogens with one attached hydrogen (secondary N) is 1. The number of hydrogen-bond donors (Lipinski definition) is 1. The lowest BCUT2D eigenvalue weighted by Gasteiger charge is -2.22. The summed E-state index contributed by atoms with van der Waals surface area (Å²) < 4.78 is 0. The molecular formula is C17H14ClN3O4. The molecule has 2 aromatic carbocycles. The van der Waals surface area contributed by atoms with Crippen molar-refractivity contribution in [2.45, 2.75) is 18.9 Å². The van der Waals surface area contributed by atoms with Gasteiger partial charge in [0.2, 0.25) is 0 Å². The van der Waals surface area contributed by atoms with Crippen LogP contribution in [0.4, 0.5) is 16.2 Å². The maximum atomic E-state index is 12.9. The number of imide groups is 1. The first-order valence-electron chi connectivity index (χ1n) is 7.46. The molecule has 1 atom stereocenters. The smallest absolute Gasteiger partial charge is 0.323 e. The Morgan fingerprint density at radius 3 is 2.48 bits per heavy atom. The van der Waals surface area contributed by atoms with Gasteiger partial charge in [0, 0.05) is 18.6 Å². The van der Waals surface area contributed by atoms with Crippen molar-refractivity contribution in [3.8, 4) is 0 Å². The summed E-state index contributed by atoms with van der Waals surface area (Å²) in [7, 11) is 0. The number of hydrogen-bond acceptors (Lipinski definition) is 4. The Bertz CT molecular complexity index is 871. The van der Waals surface area contributed by atoms with E-state index in [-0.39, 0.29) is 16.4 Å². The molecule has 1 saturated heterocycles. The number of non-ortho nitro benzene ring substituents is 1. The van der Waals surface area contributed by atoms with Crippen molar-refractivity contribution in [1.82, 2.24) is 5.32 Å². The van der Waals surface area contributed by atoms with Crippen LogP contribution in [0.2, 0.25) is 5.02 Å². The molecule has 1 aliphatic heterocycles. The van der Waals surface area contributed by atoms with Crippen LogP contribution in [0.25, 0.3) is 0 Å². The van der Waals surface area contributed by atoms with Crippen molar-refractivity contribution in [2.24, 2.45) is 0 Å². The molecule has 128 valence electrons. The normalized spacial score (nSPS) is 19.8. The van der Waals surface area contributed by atoms with Gasteiger partial charge in [-0.15, -0.1) is 0 Å². The molecule has 1 fully saturated rings. The predicted octanol–water partition coefficient (Wildman–Crippen LogP) is 3.31. The number of anilines is 1. The van der Waals surface area contributed by atoms with Crippen molar-refractivity contribution >= 4 is 34.9 Å². The maximum Gasteiger partial charge on any atom is 0.329 e. The molecule has 3 amide bonds. The Morgan fingerprint density at radius 1 is 1.20 bits per heavy atom. The van der Waals surface area contributed by atoms with Crippen molar-refractivity contribution in [3.05, 3.63) is 69.2 Å². The van der Waals surface area contributed by atoms with E-state index in [1.807, 2.05) is 30.3 Å². The fourth-order valence-corrected chi connectivity index (χ4v) is 3.08. The fraction of sp³-hybridized carbons (Fsp3) is 0.176. The van der Waals surface area contributed by atoms with Crippen molar-refractivity contribution < 1.29 is 14.5 Å². The second-order valence-electron chi connectivity index (χ2n) is 5.96. The lowest BCUT2D eigenvalue weighted by Crippen LogP contribution is -2.46. The van der Waals surface area contributed by atoms with Crippen LogP contribution >= 0.6 is 11.6 Å². The Labute approximate surface area is 148 Å². The van der Waals surface area contributed by atoms with E-state index in [0.717, 1.165) is 16.5 Å². The van der Waals surface area contributed by atoms with Gasteiger partial charge in [-0.25, -0.2) is 9.69 Å². The van der Waals surface area contributed by atoms with Gasteiger partial charge in [-0.1, -0.05) is 41.9 Å². The number of nitrogens with zero attached hydrogens (tertiary/aromatic N) is 2. The SMILES string of the molecule is CC1(Cc2ccccc2)NC(=O)N(c2ccc([N+](=O)[O-])cc2Cl)C1=O. The number of benzene rings is 2. The first-order valence-corrected chi connectivity index (χ1v) is 7.84. The summed E-state index contributed by atoms with van der Waals surface area (Å²) in [5, 5.41) is 13.5. The Kier molecular flexibility index (Phi) is 4.18. The molecule has 0 bridgehead atoms. The minimum absolute atomic E-state index is 0.0401. The van der Waals surface area contributed by atoms with Crippen LogP contribution < -0.4 is 10.2 Å². The van der Waals surface area contributed by atoms with E-state index < -0.39 is 22.4 Å². The highest BCUT2D eigenvalue weighted by molar-refractivity contribution is 6.36. The number of carbonyl (C=O) groups excluding carboxylic acids is 2. The third-order valence-electron chi connectivity index (χ3n) is 4.04. The molecule has 0 aliphatic carbocycles. The van der Waals surface area contributed by atoms with Crippen LogP contribution in [0.5, 0.6) is 0 Å². The predicted molar refractivity (Wildman–Crippen MR) is 92.7 cm³/mol. The third-order valence-corrected chi connectivity index (χ3v) is 4.35. The highest BCUT2D eigenvalue weighted by Crippen LogP contribution is 2.34. The fourth-order valence-electron chi connectivity index (χ4n) is 2.82. The van der Waals surface area contributed by atoms with Gasteiger partial charge in [-0.05, 0) is 18.6 Å². The van der Waals surface area contributed by atoms with Gasteiger partial charge in [-0.2, -0.15) is 0 Å². The molecule has 1 aliphatic rings. The Balaban J connectivity index is 1.93. The Morgan fingerprint density at radius 2 is 1.88 bits per heavy atom. The van der Waals surface area contributed by atoms with Gasteiger partial charge in [0.05, 0.1) is 15.6 Å². The van der Waals surface area contributed by atoms with Crippen LogP contribution in [0.15, 0.2) is 48.5 Å². The third kappa shape index (κ3) is 3.06. The average molecular weight is 360 g/mol. The number of nitro benzene ring substituents is 1. The summed E-state index contributed by atoms with van der Waals surface area (Å²) >= 11 is 6.06. The molecule has 7 nitrogen and oxygen atoms in total. The number of amides is 3. The molecule has 1 heterocycles. The first kappa shape index (κ1) is 16.9. The van der Waals surface area contributed by atoms with Gasteiger partial charge < -0.3 is 5.32 Å². The second-order valence-corrected chi connectivity index (χ2v) is 6.37. The molecular weight excluding hydrogens is 346 g/mol. The van der Waals surface area contributed by atoms with Gasteiger partial charge in [0.1, 0.15) is 5.54 Å². The zero-order chi connectivity index (χ0) is 18.2. The molecule has 1 N–H and O–H groups in total. The average Bonchev–Trinajstić information content (AvgIpc) is 2.77. The highest BCUT2D eigenvalue weighted by Gasteiger charge is 2.49. The van der Waals surface area contributed by atoms with E-state index in [4.69, 9.17) is 11.6 Å². The maximum absolute atomic E-state index is 12.9. The van der Waals surface area contributed by atoms with Gasteiger partial charge in [-0.3, -0.25) is 14.9 Å². The molecule has 8 heteroatoms. The number of rotatable bonds is 4. The van der Waals surface area contributed by atoms with Gasteiger partial charge in [0.15, 0.2) is 0 Å². The summed E-state index contributed by atoms with van der Waals surface area (Å²) in [6.45, 7) is 1.64. The van der Waals surface area contributed by atoms with E-state index in [2.05, 4.69) is 5.32 Å². The second kappa shape index (κ2) is 6.18. The molecule has 0 radical (unpaired) electrons. The topological polar surface area (TPSA) is 92.6 Å². The standard InChI is InChI=1S/C17H14ClN3O4/c1-17(10-11-5-3-2-4-6-11)15(22)20(16(23)19-17)14-8-7-12(21(24)25)9-13(14)18/h2-9H,10H2,1H3,(H,19,23). The van der Waals surface area contributed by atoms with E-state index in [1.54, 1.807) is 6.92 Å². The largest absolute Gasteiger partial charge is 0.329 e. The van der Waals surface area contributed by atoms with E-state index >= 15 is 0 Å². The highest BCUT2D eigenvalue weighted by atomic mass is 35.5. The van der Waals surface area contributed by atoms with Crippen LogP contribution in [-0.2, 0) is 11.2 Å². The van der Waals surface area contributed by atoms with Gasteiger partial charge in [0.25, 0.3) is 11.6 Å². The lowest BCUT2D eigenvalue weighted by molar-refractivity contribution is -0.384. The van der Waals surface area contributed by atoms with Crippen molar-refractivity contribution in [1.29, 1.82) is 0 Å². The zero-order valence-electron chi connectivity index (χ0n) is 13.2. The summed E-state index contributed by atoms with van der Waals surface area (Å²) in [5.74, 6) is -0.461. The van der Waals surface area contributed by atoms with Crippen LogP contribution in [0.1, 0.15) is 12.5 Å². The lowest BCUT2D eigenvalue weighted by atomic mass is 9.93. The van der Waals surface area contributed by atoms with E-state index in [9.17, 15) is 19.7 Å². The van der Waals surface area contributed by atoms with Gasteiger partial charge >= 0.3 is 6.03 Å². The molecule has 0 spiro atoms. The number of carbonyl (C=O) groups is 2. The van der Waals surface area contributed by atoms with Crippen molar-refractivity contribution in [3.63, 3.8) is 0 Å². The first-order chi connectivity index (χ1) is 11.8. The summed E-state index contributed by atoms with van der Waals surface area (Å²) in [4.78, 5) is 36.4. The number of urea groups is 1. The molecule has 0 saturated carbocycles. The van der Waals surface area contributed by atoms with Crippen LogP contribution in [0, 0.1) is 10.1 Å². The van der Waals surface area contributed by atoms with Crippen molar-refractivity contribution in [2.75, 3.05) is 4.90 Å². The molecule has 3 rings (SSSR count). The van der Waals surface area contributed by atoms with Crippen LogP contribution in [-0.4, -0.2) is 22.4 Å². The zero-order valence-corrected chi connectivity index (χ0v) is 14.0. The number of halogens is 1. The minimum Gasteiger partial charge on any atom is -0.323 e. The molecule has 2 aromatic rings. The number of nitro groups is 1. The summed E-state index contributed by atoms with van der Waals surface area (Å²) in [6.07, 6.45) is 0.319.